The summed E-state index contributed by atoms with van der Waals surface area (Å²) in [4.78, 5) is 7.22. The molecule has 0 bridgehead atoms. The highest BCUT2D eigenvalue weighted by Gasteiger charge is 2.17. The van der Waals surface area contributed by atoms with E-state index in [1.165, 1.54) is 5.52 Å². The first-order valence-electron chi connectivity index (χ1n) is 7.96. The van der Waals surface area contributed by atoms with E-state index in [0.29, 0.717) is 6.04 Å². The number of imidazole rings is 1. The van der Waals surface area contributed by atoms with E-state index >= 15 is 0 Å². The molecule has 2 rings (SSSR count). The fourth-order valence-corrected chi connectivity index (χ4v) is 2.97. The second kappa shape index (κ2) is 7.05. The Morgan fingerprint density at radius 3 is 2.48 bits per heavy atom. The Balaban J connectivity index is 2.08. The second-order valence-electron chi connectivity index (χ2n) is 5.79. The van der Waals surface area contributed by atoms with Gasteiger partial charge in [0, 0.05) is 19.6 Å². The van der Waals surface area contributed by atoms with Crippen LogP contribution in [0.1, 0.15) is 39.6 Å². The van der Waals surface area contributed by atoms with Gasteiger partial charge in [0.2, 0.25) is 0 Å². The quantitative estimate of drug-likeness (QED) is 0.850. The smallest absolute Gasteiger partial charge is 0.126 e. The fraction of sp³-hybridized carbons (Fsp3) is 0.588. The maximum Gasteiger partial charge on any atom is 0.126 e. The third-order valence-electron chi connectivity index (χ3n) is 4.17. The summed E-state index contributed by atoms with van der Waals surface area (Å²) in [6.45, 7) is 12.1. The molecular weight excluding hydrogens is 260 g/mol. The van der Waals surface area contributed by atoms with E-state index in [2.05, 4.69) is 67.7 Å². The summed E-state index contributed by atoms with van der Waals surface area (Å²) in [5.74, 6) is 1.10. The first kappa shape index (κ1) is 16.0. The molecule has 0 spiro atoms. The van der Waals surface area contributed by atoms with Gasteiger partial charge in [-0.3, -0.25) is 0 Å². The maximum absolute atomic E-state index is 4.77. The van der Waals surface area contributed by atoms with Crippen LogP contribution in [-0.2, 0) is 7.05 Å². The van der Waals surface area contributed by atoms with Crippen LogP contribution in [-0.4, -0.2) is 40.1 Å². The van der Waals surface area contributed by atoms with Gasteiger partial charge in [0.25, 0.3) is 0 Å². The number of hydrogen-bond acceptors (Lipinski definition) is 3. The van der Waals surface area contributed by atoms with Gasteiger partial charge < -0.3 is 14.8 Å². The normalized spacial score (nSPS) is 14.8. The number of nitrogens with one attached hydrogen (secondary N) is 1. The minimum Gasteiger partial charge on any atom is -0.330 e. The zero-order valence-electron chi connectivity index (χ0n) is 13.9. The Morgan fingerprint density at radius 1 is 1.19 bits per heavy atom. The molecule has 116 valence electrons. The van der Waals surface area contributed by atoms with E-state index in [4.69, 9.17) is 4.98 Å². The Hall–Kier alpha value is -1.39. The topological polar surface area (TPSA) is 33.1 Å². The number of rotatable bonds is 7. The standard InChI is InChI=1S/C17H28N4/c1-6-21(7-2)12-13(3)18-14(4)17-19-15-10-8-9-11-16(15)20(17)5/h8-11,13-14,18H,6-7,12H2,1-5H3. The van der Waals surface area contributed by atoms with Crippen molar-refractivity contribution < 1.29 is 0 Å². The van der Waals surface area contributed by atoms with Crippen molar-refractivity contribution in [3.63, 3.8) is 0 Å². The molecule has 0 amide bonds. The molecule has 0 radical (unpaired) electrons. The van der Waals surface area contributed by atoms with Crippen molar-refractivity contribution in [2.45, 2.75) is 39.8 Å². The SMILES string of the molecule is CCN(CC)CC(C)NC(C)c1nc2ccccc2n1C. The van der Waals surface area contributed by atoms with Crippen molar-refractivity contribution in [3.05, 3.63) is 30.1 Å². The van der Waals surface area contributed by atoms with Crippen LogP contribution in [0.4, 0.5) is 0 Å². The van der Waals surface area contributed by atoms with Gasteiger partial charge in [-0.2, -0.15) is 0 Å². The summed E-state index contributed by atoms with van der Waals surface area (Å²) >= 11 is 0. The average Bonchev–Trinajstić information content (AvgIpc) is 2.82. The van der Waals surface area contributed by atoms with Crippen LogP contribution in [0.15, 0.2) is 24.3 Å². The molecule has 2 unspecified atom stereocenters. The minimum absolute atomic E-state index is 0.243. The van der Waals surface area contributed by atoms with Crippen molar-refractivity contribution in [2.24, 2.45) is 7.05 Å². The molecule has 0 saturated heterocycles. The zero-order valence-corrected chi connectivity index (χ0v) is 13.9. The molecule has 0 fully saturated rings. The van der Waals surface area contributed by atoms with Gasteiger partial charge >= 0.3 is 0 Å². The van der Waals surface area contributed by atoms with Crippen molar-refractivity contribution >= 4 is 11.0 Å². The van der Waals surface area contributed by atoms with Gasteiger partial charge in [-0.05, 0) is 39.1 Å². The van der Waals surface area contributed by atoms with Crippen LogP contribution in [0.2, 0.25) is 0 Å². The Labute approximate surface area is 128 Å². The first-order valence-corrected chi connectivity index (χ1v) is 7.96. The lowest BCUT2D eigenvalue weighted by molar-refractivity contribution is 0.262. The van der Waals surface area contributed by atoms with Crippen LogP contribution in [0.3, 0.4) is 0 Å². The highest BCUT2D eigenvalue weighted by molar-refractivity contribution is 5.75. The summed E-state index contributed by atoms with van der Waals surface area (Å²) in [5, 5.41) is 3.67. The van der Waals surface area contributed by atoms with Crippen LogP contribution in [0.5, 0.6) is 0 Å². The fourth-order valence-electron chi connectivity index (χ4n) is 2.97. The Morgan fingerprint density at radius 2 is 1.86 bits per heavy atom. The molecular formula is C17H28N4. The summed E-state index contributed by atoms with van der Waals surface area (Å²) in [6.07, 6.45) is 0. The van der Waals surface area contributed by atoms with E-state index in [1.54, 1.807) is 0 Å². The molecule has 2 aromatic rings. The number of benzene rings is 1. The predicted octanol–water partition coefficient (Wildman–Crippen LogP) is 2.95. The molecule has 2 atom stereocenters. The van der Waals surface area contributed by atoms with Gasteiger partial charge in [0.1, 0.15) is 5.82 Å². The first-order chi connectivity index (χ1) is 10.1. The van der Waals surface area contributed by atoms with Crippen molar-refractivity contribution in [2.75, 3.05) is 19.6 Å². The number of hydrogen-bond donors (Lipinski definition) is 1. The number of para-hydroxylation sites is 2. The highest BCUT2D eigenvalue weighted by Crippen LogP contribution is 2.19. The monoisotopic (exact) mass is 288 g/mol. The van der Waals surface area contributed by atoms with Crippen LogP contribution < -0.4 is 5.32 Å². The van der Waals surface area contributed by atoms with Crippen LogP contribution in [0.25, 0.3) is 11.0 Å². The van der Waals surface area contributed by atoms with E-state index in [0.717, 1.165) is 31.0 Å². The molecule has 0 saturated carbocycles. The Bertz CT molecular complexity index is 571. The van der Waals surface area contributed by atoms with Crippen molar-refractivity contribution in [3.8, 4) is 0 Å². The summed E-state index contributed by atoms with van der Waals surface area (Å²) in [5.41, 5.74) is 2.26. The average molecular weight is 288 g/mol. The van der Waals surface area contributed by atoms with Crippen molar-refractivity contribution in [1.29, 1.82) is 0 Å². The molecule has 4 nitrogen and oxygen atoms in total. The summed E-state index contributed by atoms with van der Waals surface area (Å²) in [6, 6.07) is 8.99. The summed E-state index contributed by atoms with van der Waals surface area (Å²) in [7, 11) is 2.10. The second-order valence-corrected chi connectivity index (χ2v) is 5.79. The van der Waals surface area contributed by atoms with Gasteiger partial charge in [-0.25, -0.2) is 4.98 Å². The molecule has 1 heterocycles. The number of fused-ring (bicyclic) bond motifs is 1. The van der Waals surface area contributed by atoms with Crippen LogP contribution in [0, 0.1) is 0 Å². The van der Waals surface area contributed by atoms with E-state index in [9.17, 15) is 0 Å². The van der Waals surface area contributed by atoms with E-state index in [1.807, 2.05) is 6.07 Å². The number of likely N-dealkylation sites (N-methyl/N-ethyl adjacent to an activating group) is 1. The molecule has 0 aliphatic heterocycles. The molecule has 4 heteroatoms. The van der Waals surface area contributed by atoms with Gasteiger partial charge in [-0.15, -0.1) is 0 Å². The molecule has 0 aliphatic carbocycles. The summed E-state index contributed by atoms with van der Waals surface area (Å²) < 4.78 is 2.19. The van der Waals surface area contributed by atoms with Crippen molar-refractivity contribution in [1.82, 2.24) is 19.8 Å². The lowest BCUT2D eigenvalue weighted by atomic mass is 10.2. The van der Waals surface area contributed by atoms with Gasteiger partial charge in [0.15, 0.2) is 0 Å². The lowest BCUT2D eigenvalue weighted by Crippen LogP contribution is -2.40. The lowest BCUT2D eigenvalue weighted by Gasteiger charge is -2.26. The predicted molar refractivity (Wildman–Crippen MR) is 89.5 cm³/mol. The van der Waals surface area contributed by atoms with Crippen LogP contribution >= 0.6 is 0 Å². The molecule has 1 N–H and O–H groups in total. The largest absolute Gasteiger partial charge is 0.330 e. The number of nitrogens with zero attached hydrogens (tertiary/aromatic N) is 3. The molecule has 21 heavy (non-hydrogen) atoms. The van der Waals surface area contributed by atoms with Gasteiger partial charge in [0.05, 0.1) is 17.1 Å². The molecule has 1 aromatic carbocycles. The molecule has 1 aromatic heterocycles. The maximum atomic E-state index is 4.77. The highest BCUT2D eigenvalue weighted by atomic mass is 15.2. The third kappa shape index (κ3) is 3.63. The number of aryl methyl sites for hydroxylation is 1. The Kier molecular flexibility index (Phi) is 5.37. The van der Waals surface area contributed by atoms with E-state index < -0.39 is 0 Å². The third-order valence-corrected chi connectivity index (χ3v) is 4.17. The zero-order chi connectivity index (χ0) is 15.4. The minimum atomic E-state index is 0.243. The number of aromatic nitrogens is 2. The molecule has 0 aliphatic rings. The van der Waals surface area contributed by atoms with E-state index in [-0.39, 0.29) is 6.04 Å². The van der Waals surface area contributed by atoms with Gasteiger partial charge in [-0.1, -0.05) is 26.0 Å².